The first kappa shape index (κ1) is 20.1. The van der Waals surface area contributed by atoms with Crippen LogP contribution in [0.25, 0.3) is 11.3 Å². The number of rotatable bonds is 8. The van der Waals surface area contributed by atoms with Crippen molar-refractivity contribution < 1.29 is 9.18 Å². The molecule has 0 fully saturated rings. The van der Waals surface area contributed by atoms with Gasteiger partial charge < -0.3 is 9.47 Å². The summed E-state index contributed by atoms with van der Waals surface area (Å²) in [4.78, 5) is 15.9. The highest BCUT2D eigenvalue weighted by Gasteiger charge is 2.16. The summed E-state index contributed by atoms with van der Waals surface area (Å²) in [5, 5.41) is 9.38. The molecule has 4 aromatic rings. The van der Waals surface area contributed by atoms with Crippen molar-refractivity contribution in [1.82, 2.24) is 19.7 Å². The van der Waals surface area contributed by atoms with Crippen LogP contribution < -0.4 is 0 Å². The molecule has 0 saturated heterocycles. The molecule has 3 aromatic heterocycles. The Kier molecular flexibility index (Phi) is 6.09. The van der Waals surface area contributed by atoms with Crippen molar-refractivity contribution >= 4 is 17.2 Å². The van der Waals surface area contributed by atoms with Gasteiger partial charge in [0.25, 0.3) is 5.91 Å². The number of nitrogens with zero attached hydrogens (tertiary/aromatic N) is 3. The topological polar surface area (TPSA) is 53.9 Å². The first-order valence-corrected chi connectivity index (χ1v) is 10.7. The minimum Gasteiger partial charge on any atom is -0.340 e. The van der Waals surface area contributed by atoms with Crippen LogP contribution in [0, 0.1) is 5.82 Å². The number of hydrogen-bond donors (Lipinski definition) is 1. The quantitative estimate of drug-likeness (QED) is 0.442. The minimum atomic E-state index is -0.260. The Balaban J connectivity index is 1.31. The predicted octanol–water partition coefficient (Wildman–Crippen LogP) is 4.83. The molecule has 0 radical (unpaired) electrons. The van der Waals surface area contributed by atoms with Gasteiger partial charge in [0.15, 0.2) is 0 Å². The number of H-pyrrole nitrogens is 1. The van der Waals surface area contributed by atoms with Crippen molar-refractivity contribution in [1.29, 1.82) is 0 Å². The second kappa shape index (κ2) is 9.09. The van der Waals surface area contributed by atoms with Crippen molar-refractivity contribution in [2.24, 2.45) is 0 Å². The van der Waals surface area contributed by atoms with E-state index >= 15 is 0 Å². The lowest BCUT2D eigenvalue weighted by Gasteiger charge is -2.18. The number of aromatic amines is 1. The minimum absolute atomic E-state index is 0.0215. The molecule has 0 aliphatic rings. The first-order chi connectivity index (χ1) is 14.6. The second-order valence-corrected chi connectivity index (χ2v) is 8.25. The fourth-order valence-corrected chi connectivity index (χ4v) is 4.08. The highest BCUT2D eigenvalue weighted by molar-refractivity contribution is 7.09. The van der Waals surface area contributed by atoms with Crippen LogP contribution in [0.4, 0.5) is 4.39 Å². The van der Waals surface area contributed by atoms with E-state index in [1.165, 1.54) is 17.0 Å². The average Bonchev–Trinajstić information content (AvgIpc) is 3.50. The largest absolute Gasteiger partial charge is 0.340 e. The standard InChI is InChI=1S/C23H23FN4OS/c1-27(23(29)22-7-3-13-28(22)16-20-6-4-14-30-20)12-2-5-19-15-21(26-25-19)17-8-10-18(24)11-9-17/h3-4,6-11,13-15H,2,5,12,16H2,1H3,(H,25,26). The summed E-state index contributed by atoms with van der Waals surface area (Å²) < 4.78 is 15.1. The maximum Gasteiger partial charge on any atom is 0.270 e. The summed E-state index contributed by atoms with van der Waals surface area (Å²) in [6.45, 7) is 1.35. The SMILES string of the molecule is CN(CCCc1cc(-c2ccc(F)cc2)n[nH]1)C(=O)c1cccn1Cc1cccs1. The van der Waals surface area contributed by atoms with E-state index in [9.17, 15) is 9.18 Å². The molecule has 0 aliphatic heterocycles. The van der Waals surface area contributed by atoms with E-state index in [2.05, 4.69) is 16.3 Å². The van der Waals surface area contributed by atoms with Gasteiger partial charge in [-0.1, -0.05) is 6.07 Å². The van der Waals surface area contributed by atoms with Gasteiger partial charge in [-0.3, -0.25) is 9.89 Å². The Morgan fingerprint density at radius 1 is 1.20 bits per heavy atom. The first-order valence-electron chi connectivity index (χ1n) is 9.83. The van der Waals surface area contributed by atoms with Crippen LogP contribution in [0.2, 0.25) is 0 Å². The monoisotopic (exact) mass is 422 g/mol. The number of hydrogen-bond acceptors (Lipinski definition) is 3. The van der Waals surface area contributed by atoms with Crippen LogP contribution in [0.5, 0.6) is 0 Å². The molecule has 154 valence electrons. The lowest BCUT2D eigenvalue weighted by Crippen LogP contribution is -2.30. The molecule has 4 rings (SSSR count). The fourth-order valence-electron chi connectivity index (χ4n) is 3.38. The van der Waals surface area contributed by atoms with Crippen molar-refractivity contribution in [2.45, 2.75) is 19.4 Å². The van der Waals surface area contributed by atoms with E-state index < -0.39 is 0 Å². The van der Waals surface area contributed by atoms with Crippen molar-refractivity contribution in [3.63, 3.8) is 0 Å². The normalized spacial score (nSPS) is 11.0. The second-order valence-electron chi connectivity index (χ2n) is 7.22. The van der Waals surface area contributed by atoms with E-state index in [0.29, 0.717) is 18.8 Å². The molecule has 0 unspecified atom stereocenters. The number of nitrogens with one attached hydrogen (secondary N) is 1. The molecular weight excluding hydrogens is 399 g/mol. The summed E-state index contributed by atoms with van der Waals surface area (Å²) in [7, 11) is 1.84. The highest BCUT2D eigenvalue weighted by atomic mass is 32.1. The number of thiophene rings is 1. The van der Waals surface area contributed by atoms with Gasteiger partial charge in [-0.2, -0.15) is 5.10 Å². The zero-order valence-electron chi connectivity index (χ0n) is 16.7. The molecule has 30 heavy (non-hydrogen) atoms. The number of halogens is 1. The fraction of sp³-hybridized carbons (Fsp3) is 0.217. The zero-order valence-corrected chi connectivity index (χ0v) is 17.5. The van der Waals surface area contributed by atoms with E-state index in [4.69, 9.17) is 0 Å². The van der Waals surface area contributed by atoms with Crippen LogP contribution >= 0.6 is 11.3 Å². The van der Waals surface area contributed by atoms with Gasteiger partial charge in [-0.15, -0.1) is 11.3 Å². The van der Waals surface area contributed by atoms with E-state index in [1.54, 1.807) is 28.4 Å². The zero-order chi connectivity index (χ0) is 20.9. The van der Waals surface area contributed by atoms with Crippen molar-refractivity contribution in [2.75, 3.05) is 13.6 Å². The average molecular weight is 423 g/mol. The van der Waals surface area contributed by atoms with Gasteiger partial charge in [0.05, 0.1) is 12.2 Å². The maximum absolute atomic E-state index is 13.1. The molecule has 3 heterocycles. The lowest BCUT2D eigenvalue weighted by atomic mass is 10.1. The molecule has 0 spiro atoms. The summed E-state index contributed by atoms with van der Waals surface area (Å²) in [6, 6.07) is 16.1. The molecule has 0 saturated carbocycles. The molecule has 1 amide bonds. The van der Waals surface area contributed by atoms with Crippen molar-refractivity contribution in [3.8, 4) is 11.3 Å². The van der Waals surface area contributed by atoms with Gasteiger partial charge in [-0.05, 0) is 66.8 Å². The molecular formula is C23H23FN4OS. The smallest absolute Gasteiger partial charge is 0.270 e. The molecule has 5 nitrogen and oxygen atoms in total. The molecule has 1 aromatic carbocycles. The maximum atomic E-state index is 13.1. The van der Waals surface area contributed by atoms with Gasteiger partial charge in [0, 0.05) is 35.9 Å². The molecule has 0 aliphatic carbocycles. The van der Waals surface area contributed by atoms with Crippen LogP contribution in [0.15, 0.2) is 66.2 Å². The summed E-state index contributed by atoms with van der Waals surface area (Å²) in [5.41, 5.74) is 3.36. The van der Waals surface area contributed by atoms with Crippen LogP contribution in [-0.2, 0) is 13.0 Å². The number of aromatic nitrogens is 3. The van der Waals surface area contributed by atoms with Crippen LogP contribution in [0.1, 0.15) is 27.5 Å². The van der Waals surface area contributed by atoms with E-state index in [0.717, 1.165) is 29.8 Å². The third kappa shape index (κ3) is 4.68. The van der Waals surface area contributed by atoms with Gasteiger partial charge >= 0.3 is 0 Å². The molecule has 0 bridgehead atoms. The summed E-state index contributed by atoms with van der Waals surface area (Å²) >= 11 is 1.69. The number of carbonyl (C=O) groups excluding carboxylic acids is 1. The summed E-state index contributed by atoms with van der Waals surface area (Å²) in [5.74, 6) is -0.239. The lowest BCUT2D eigenvalue weighted by molar-refractivity contribution is 0.0783. The predicted molar refractivity (Wildman–Crippen MR) is 117 cm³/mol. The number of amides is 1. The van der Waals surface area contributed by atoms with Gasteiger partial charge in [-0.25, -0.2) is 4.39 Å². The van der Waals surface area contributed by atoms with E-state index in [-0.39, 0.29) is 11.7 Å². The van der Waals surface area contributed by atoms with Crippen LogP contribution in [-0.4, -0.2) is 39.2 Å². The third-order valence-electron chi connectivity index (χ3n) is 5.01. The Morgan fingerprint density at radius 2 is 2.03 bits per heavy atom. The Labute approximate surface area is 178 Å². The summed E-state index contributed by atoms with van der Waals surface area (Å²) in [6.07, 6.45) is 3.54. The van der Waals surface area contributed by atoms with Gasteiger partial charge in [0.2, 0.25) is 0 Å². The Hall–Kier alpha value is -3.19. The number of benzene rings is 1. The molecule has 1 N–H and O–H groups in total. The number of aryl methyl sites for hydroxylation is 1. The van der Waals surface area contributed by atoms with Crippen molar-refractivity contribution in [3.05, 3.63) is 88.3 Å². The Morgan fingerprint density at radius 3 is 2.80 bits per heavy atom. The van der Waals surface area contributed by atoms with E-state index in [1.807, 2.05) is 47.5 Å². The molecule has 0 atom stereocenters. The van der Waals surface area contributed by atoms with Gasteiger partial charge in [0.1, 0.15) is 11.5 Å². The van der Waals surface area contributed by atoms with Crippen LogP contribution in [0.3, 0.4) is 0 Å². The Bertz CT molecular complexity index is 1100. The highest BCUT2D eigenvalue weighted by Crippen LogP contribution is 2.19. The third-order valence-corrected chi connectivity index (χ3v) is 5.87. The number of carbonyl (C=O) groups is 1. The molecule has 7 heteroatoms.